The lowest BCUT2D eigenvalue weighted by atomic mass is 9.97. The van der Waals surface area contributed by atoms with E-state index in [2.05, 4.69) is 5.16 Å². The lowest BCUT2D eigenvalue weighted by Crippen LogP contribution is -2.43. The second-order valence-corrected chi connectivity index (χ2v) is 5.46. The highest BCUT2D eigenvalue weighted by Crippen LogP contribution is 2.24. The van der Waals surface area contributed by atoms with Crippen molar-refractivity contribution in [1.82, 2.24) is 4.90 Å². The van der Waals surface area contributed by atoms with Crippen molar-refractivity contribution in [1.29, 1.82) is 0 Å². The van der Waals surface area contributed by atoms with E-state index in [-0.39, 0.29) is 11.8 Å². The fraction of sp³-hybridized carbons (Fsp3) is 0.385. The van der Waals surface area contributed by atoms with Crippen LogP contribution in [0.1, 0.15) is 23.7 Å². The highest BCUT2D eigenvalue weighted by Gasteiger charge is 2.27. The predicted molar refractivity (Wildman–Crippen MR) is 75.4 cm³/mol. The Labute approximate surface area is 121 Å². The van der Waals surface area contributed by atoms with Crippen LogP contribution in [0, 0.1) is 5.92 Å². The summed E-state index contributed by atoms with van der Waals surface area (Å²) in [6.07, 6.45) is 0.578. The van der Waals surface area contributed by atoms with E-state index in [1.165, 1.54) is 0 Å². The quantitative estimate of drug-likeness (QED) is 0.639. The zero-order chi connectivity index (χ0) is 14.0. The standard InChI is InChI=1S/C13H14Cl2N2O2/c1-8-7-17(5-4-12(8)16-19)13(18)10-3-2-9(14)6-11(10)15/h2-3,6,8,19H,4-5,7H2,1H3/b16-12+. The largest absolute Gasteiger partial charge is 0.411 e. The van der Waals surface area contributed by atoms with Crippen molar-refractivity contribution in [2.45, 2.75) is 13.3 Å². The Bertz CT molecular complexity index is 531. The predicted octanol–water partition coefficient (Wildman–Crippen LogP) is 3.31. The van der Waals surface area contributed by atoms with Crippen LogP contribution < -0.4 is 0 Å². The normalized spacial score (nSPS) is 21.7. The van der Waals surface area contributed by atoms with Crippen LogP contribution in [0.25, 0.3) is 0 Å². The number of benzene rings is 1. The Balaban J connectivity index is 2.17. The van der Waals surface area contributed by atoms with Gasteiger partial charge in [-0.1, -0.05) is 35.3 Å². The summed E-state index contributed by atoms with van der Waals surface area (Å²) in [7, 11) is 0. The Kier molecular flexibility index (Phi) is 4.32. The van der Waals surface area contributed by atoms with Gasteiger partial charge < -0.3 is 10.1 Å². The second kappa shape index (κ2) is 5.80. The van der Waals surface area contributed by atoms with E-state index >= 15 is 0 Å². The molecular formula is C13H14Cl2N2O2. The molecule has 6 heteroatoms. The smallest absolute Gasteiger partial charge is 0.255 e. The van der Waals surface area contributed by atoms with Crippen molar-refractivity contribution in [2.75, 3.05) is 13.1 Å². The molecular weight excluding hydrogens is 287 g/mol. The molecule has 1 amide bonds. The first-order valence-electron chi connectivity index (χ1n) is 5.98. The summed E-state index contributed by atoms with van der Waals surface area (Å²) in [6, 6.07) is 4.84. The van der Waals surface area contributed by atoms with Gasteiger partial charge in [-0.05, 0) is 18.2 Å². The Hall–Kier alpha value is -1.26. The number of piperidine rings is 1. The van der Waals surface area contributed by atoms with Crippen LogP contribution in [-0.2, 0) is 0 Å². The summed E-state index contributed by atoms with van der Waals surface area (Å²) in [4.78, 5) is 14.1. The van der Waals surface area contributed by atoms with Crippen LogP contribution in [0.15, 0.2) is 23.4 Å². The first-order valence-corrected chi connectivity index (χ1v) is 6.73. The van der Waals surface area contributed by atoms with Gasteiger partial charge in [0.15, 0.2) is 0 Å². The van der Waals surface area contributed by atoms with Crippen molar-refractivity contribution >= 4 is 34.8 Å². The van der Waals surface area contributed by atoms with E-state index in [1.54, 1.807) is 23.1 Å². The third kappa shape index (κ3) is 3.01. The molecule has 0 bridgehead atoms. The van der Waals surface area contributed by atoms with E-state index in [1.807, 2.05) is 6.92 Å². The maximum absolute atomic E-state index is 12.4. The van der Waals surface area contributed by atoms with E-state index in [4.69, 9.17) is 28.4 Å². The van der Waals surface area contributed by atoms with Gasteiger partial charge in [0.25, 0.3) is 5.91 Å². The molecule has 1 saturated heterocycles. The van der Waals surface area contributed by atoms with Gasteiger partial charge in [-0.3, -0.25) is 4.79 Å². The maximum atomic E-state index is 12.4. The molecule has 0 saturated carbocycles. The highest BCUT2D eigenvalue weighted by atomic mass is 35.5. The highest BCUT2D eigenvalue weighted by molar-refractivity contribution is 6.36. The van der Waals surface area contributed by atoms with Crippen molar-refractivity contribution in [3.05, 3.63) is 33.8 Å². The van der Waals surface area contributed by atoms with Crippen LogP contribution in [0.3, 0.4) is 0 Å². The number of amides is 1. The average molecular weight is 301 g/mol. The Morgan fingerprint density at radius 3 is 2.79 bits per heavy atom. The van der Waals surface area contributed by atoms with Gasteiger partial charge in [-0.25, -0.2) is 0 Å². The van der Waals surface area contributed by atoms with Gasteiger partial charge in [-0.2, -0.15) is 0 Å². The molecule has 1 aromatic rings. The molecule has 1 aliphatic heterocycles. The lowest BCUT2D eigenvalue weighted by Gasteiger charge is -2.31. The summed E-state index contributed by atoms with van der Waals surface area (Å²) in [5.41, 5.74) is 1.17. The number of halogens is 2. The van der Waals surface area contributed by atoms with E-state index in [0.717, 1.165) is 5.71 Å². The molecule has 1 fully saturated rings. The number of rotatable bonds is 1. The van der Waals surface area contributed by atoms with Gasteiger partial charge in [0.05, 0.1) is 16.3 Å². The average Bonchev–Trinajstić information content (AvgIpc) is 2.38. The summed E-state index contributed by atoms with van der Waals surface area (Å²) >= 11 is 11.9. The molecule has 0 radical (unpaired) electrons. The van der Waals surface area contributed by atoms with Crippen LogP contribution in [0.5, 0.6) is 0 Å². The number of nitrogens with zero attached hydrogens (tertiary/aromatic N) is 2. The van der Waals surface area contributed by atoms with Crippen molar-refractivity contribution < 1.29 is 10.0 Å². The van der Waals surface area contributed by atoms with Crippen LogP contribution in [-0.4, -0.2) is 34.8 Å². The summed E-state index contributed by atoms with van der Waals surface area (Å²) in [5.74, 6) is -0.0701. The molecule has 1 aliphatic rings. The van der Waals surface area contributed by atoms with Crippen LogP contribution in [0.2, 0.25) is 10.0 Å². The zero-order valence-corrected chi connectivity index (χ0v) is 11.9. The van der Waals surface area contributed by atoms with Crippen molar-refractivity contribution in [2.24, 2.45) is 11.1 Å². The van der Waals surface area contributed by atoms with Gasteiger partial charge in [0.2, 0.25) is 0 Å². The number of carbonyl (C=O) groups is 1. The molecule has 4 nitrogen and oxygen atoms in total. The first-order chi connectivity index (χ1) is 9.02. The molecule has 1 unspecified atom stereocenters. The van der Waals surface area contributed by atoms with Gasteiger partial charge in [0.1, 0.15) is 0 Å². The van der Waals surface area contributed by atoms with Crippen LogP contribution >= 0.6 is 23.2 Å². The molecule has 0 spiro atoms. The SMILES string of the molecule is CC1CN(C(=O)c2ccc(Cl)cc2Cl)CC/C1=N\O. The third-order valence-corrected chi connectivity index (χ3v) is 3.83. The van der Waals surface area contributed by atoms with Gasteiger partial charge in [-0.15, -0.1) is 0 Å². The van der Waals surface area contributed by atoms with E-state index in [9.17, 15) is 4.79 Å². The second-order valence-electron chi connectivity index (χ2n) is 4.62. The molecule has 0 aliphatic carbocycles. The topological polar surface area (TPSA) is 52.9 Å². The number of oxime groups is 1. The first kappa shape index (κ1) is 14.2. The monoisotopic (exact) mass is 300 g/mol. The summed E-state index contributed by atoms with van der Waals surface area (Å²) in [6.45, 7) is 2.98. The molecule has 19 heavy (non-hydrogen) atoms. The van der Waals surface area contributed by atoms with E-state index in [0.29, 0.717) is 35.1 Å². The minimum atomic E-state index is -0.120. The number of hydrogen-bond acceptors (Lipinski definition) is 3. The molecule has 1 atom stereocenters. The number of likely N-dealkylation sites (tertiary alicyclic amines) is 1. The third-order valence-electron chi connectivity index (χ3n) is 3.28. The Morgan fingerprint density at radius 1 is 1.47 bits per heavy atom. The van der Waals surface area contributed by atoms with Gasteiger partial charge in [0, 0.05) is 30.5 Å². The minimum Gasteiger partial charge on any atom is -0.411 e. The molecule has 102 valence electrons. The molecule has 1 aromatic carbocycles. The molecule has 2 rings (SSSR count). The minimum absolute atomic E-state index is 0.0498. The summed E-state index contributed by atoms with van der Waals surface area (Å²) < 4.78 is 0. The number of carbonyl (C=O) groups excluding carboxylic acids is 1. The molecule has 1 N–H and O–H groups in total. The zero-order valence-electron chi connectivity index (χ0n) is 10.4. The van der Waals surface area contributed by atoms with E-state index < -0.39 is 0 Å². The lowest BCUT2D eigenvalue weighted by molar-refractivity contribution is 0.0734. The van der Waals surface area contributed by atoms with Crippen LogP contribution in [0.4, 0.5) is 0 Å². The number of hydrogen-bond donors (Lipinski definition) is 1. The fourth-order valence-corrected chi connectivity index (χ4v) is 2.68. The fourth-order valence-electron chi connectivity index (χ4n) is 2.19. The molecule has 1 heterocycles. The molecule has 0 aromatic heterocycles. The maximum Gasteiger partial charge on any atom is 0.255 e. The van der Waals surface area contributed by atoms with Crippen molar-refractivity contribution in [3.8, 4) is 0 Å². The van der Waals surface area contributed by atoms with Gasteiger partial charge >= 0.3 is 0 Å². The summed E-state index contributed by atoms with van der Waals surface area (Å²) in [5, 5.41) is 12.9. The Morgan fingerprint density at radius 2 is 2.21 bits per heavy atom. The van der Waals surface area contributed by atoms with Crippen molar-refractivity contribution in [3.63, 3.8) is 0 Å².